The van der Waals surface area contributed by atoms with Gasteiger partial charge in [0, 0.05) is 16.6 Å². The number of carbonyl (C=O) groups excluding carboxylic acids is 1. The van der Waals surface area contributed by atoms with Crippen molar-refractivity contribution in [3.05, 3.63) is 28.7 Å². The highest BCUT2D eigenvalue weighted by Gasteiger charge is 2.18. The Bertz CT molecular complexity index is 394. The van der Waals surface area contributed by atoms with Gasteiger partial charge >= 0.3 is 0 Å². The molecule has 0 atom stereocenters. The first-order valence-corrected chi connectivity index (χ1v) is 6.12. The summed E-state index contributed by atoms with van der Waals surface area (Å²) in [7, 11) is 0. The molecule has 0 unspecified atom stereocenters. The summed E-state index contributed by atoms with van der Waals surface area (Å²) in [5, 5.41) is 2.79. The van der Waals surface area contributed by atoms with Crippen LogP contribution in [0.1, 0.15) is 13.8 Å². The van der Waals surface area contributed by atoms with E-state index in [0.29, 0.717) is 12.3 Å². The largest absolute Gasteiger partial charge is 0.484 e. The highest BCUT2D eigenvalue weighted by atomic mass is 79.9. The molecule has 0 aromatic heterocycles. The molecule has 0 aliphatic carbocycles. The number of rotatable bonds is 5. The number of carbonyl (C=O) groups is 1. The van der Waals surface area contributed by atoms with Crippen molar-refractivity contribution in [3.63, 3.8) is 0 Å². The summed E-state index contributed by atoms with van der Waals surface area (Å²) in [6, 6.07) is 7.35. The third kappa shape index (κ3) is 5.19. The van der Waals surface area contributed by atoms with E-state index in [1.165, 1.54) is 0 Å². The topological polar surface area (TPSA) is 64.3 Å². The molecule has 1 aromatic rings. The normalized spacial score (nSPS) is 11.1. The van der Waals surface area contributed by atoms with Crippen molar-refractivity contribution in [3.8, 4) is 5.75 Å². The highest BCUT2D eigenvalue weighted by molar-refractivity contribution is 9.10. The predicted octanol–water partition coefficient (Wildman–Crippen LogP) is 1.68. The predicted molar refractivity (Wildman–Crippen MR) is 70.9 cm³/mol. The molecule has 0 aliphatic rings. The summed E-state index contributed by atoms with van der Waals surface area (Å²) >= 11 is 3.33. The first-order valence-electron chi connectivity index (χ1n) is 5.32. The molecule has 0 fully saturated rings. The Morgan fingerprint density at radius 2 is 2.24 bits per heavy atom. The van der Waals surface area contributed by atoms with Crippen LogP contribution in [0.4, 0.5) is 0 Å². The van der Waals surface area contributed by atoms with Crippen molar-refractivity contribution < 1.29 is 9.53 Å². The Morgan fingerprint density at radius 3 is 2.82 bits per heavy atom. The molecule has 4 nitrogen and oxygen atoms in total. The van der Waals surface area contributed by atoms with Gasteiger partial charge in [0.1, 0.15) is 5.75 Å². The Balaban J connectivity index is 2.44. The van der Waals surface area contributed by atoms with Crippen LogP contribution in [0, 0.1) is 0 Å². The average Bonchev–Trinajstić information content (AvgIpc) is 2.26. The second kappa shape index (κ2) is 6.02. The second-order valence-corrected chi connectivity index (χ2v) is 5.30. The Morgan fingerprint density at radius 1 is 1.53 bits per heavy atom. The summed E-state index contributed by atoms with van der Waals surface area (Å²) in [6.07, 6.45) is 0. The summed E-state index contributed by atoms with van der Waals surface area (Å²) in [6.45, 7) is 4.10. The van der Waals surface area contributed by atoms with E-state index < -0.39 is 5.54 Å². The Kier molecular flexibility index (Phi) is 4.96. The summed E-state index contributed by atoms with van der Waals surface area (Å²) in [5.41, 5.74) is 5.11. The van der Waals surface area contributed by atoms with Crippen molar-refractivity contribution in [1.82, 2.24) is 5.32 Å². The fourth-order valence-electron chi connectivity index (χ4n) is 1.17. The molecule has 3 N–H and O–H groups in total. The quantitative estimate of drug-likeness (QED) is 0.869. The van der Waals surface area contributed by atoms with E-state index in [1.54, 1.807) is 12.1 Å². The zero-order valence-corrected chi connectivity index (χ0v) is 11.6. The summed E-state index contributed by atoms with van der Waals surface area (Å²) in [5.74, 6) is 0.473. The van der Waals surface area contributed by atoms with Gasteiger partial charge < -0.3 is 15.8 Å². The van der Waals surface area contributed by atoms with Crippen molar-refractivity contribution in [2.75, 3.05) is 13.2 Å². The fourth-order valence-corrected chi connectivity index (χ4v) is 1.55. The first kappa shape index (κ1) is 14.0. The molecule has 0 radical (unpaired) electrons. The van der Waals surface area contributed by atoms with E-state index in [4.69, 9.17) is 10.5 Å². The van der Waals surface area contributed by atoms with Crippen LogP contribution >= 0.6 is 15.9 Å². The molecule has 0 spiro atoms. The molecule has 1 aromatic carbocycles. The average molecular weight is 301 g/mol. The van der Waals surface area contributed by atoms with Gasteiger partial charge in [-0.1, -0.05) is 22.0 Å². The van der Waals surface area contributed by atoms with E-state index in [0.717, 1.165) is 4.47 Å². The van der Waals surface area contributed by atoms with Gasteiger partial charge in [-0.15, -0.1) is 0 Å². The first-order chi connectivity index (χ1) is 7.93. The van der Waals surface area contributed by atoms with Gasteiger partial charge in [0.2, 0.25) is 0 Å². The molecular formula is C12H17BrN2O2. The SMILES string of the molecule is CC(C)(CN)NC(=O)COc1cccc(Br)c1. The van der Waals surface area contributed by atoms with Gasteiger partial charge in [-0.05, 0) is 32.0 Å². The third-order valence-electron chi connectivity index (χ3n) is 2.15. The molecule has 0 saturated carbocycles. The highest BCUT2D eigenvalue weighted by Crippen LogP contribution is 2.17. The smallest absolute Gasteiger partial charge is 0.258 e. The molecule has 0 aliphatic heterocycles. The number of ether oxygens (including phenoxy) is 1. The molecular weight excluding hydrogens is 284 g/mol. The maximum absolute atomic E-state index is 11.6. The van der Waals surface area contributed by atoms with E-state index in [9.17, 15) is 4.79 Å². The second-order valence-electron chi connectivity index (χ2n) is 4.38. The minimum atomic E-state index is -0.405. The lowest BCUT2D eigenvalue weighted by Gasteiger charge is -2.24. The van der Waals surface area contributed by atoms with Crippen molar-refractivity contribution in [2.24, 2.45) is 5.73 Å². The van der Waals surface area contributed by atoms with Crippen LogP contribution in [-0.2, 0) is 4.79 Å². The van der Waals surface area contributed by atoms with E-state index >= 15 is 0 Å². The molecule has 17 heavy (non-hydrogen) atoms. The van der Waals surface area contributed by atoms with Crippen molar-refractivity contribution in [2.45, 2.75) is 19.4 Å². The number of benzene rings is 1. The van der Waals surface area contributed by atoms with Crippen LogP contribution in [0.5, 0.6) is 5.75 Å². The Hall–Kier alpha value is -1.07. The molecule has 0 saturated heterocycles. The third-order valence-corrected chi connectivity index (χ3v) is 2.65. The minimum absolute atomic E-state index is 0.0140. The minimum Gasteiger partial charge on any atom is -0.484 e. The molecule has 5 heteroatoms. The van der Waals surface area contributed by atoms with Crippen LogP contribution in [0.15, 0.2) is 28.7 Å². The molecule has 1 amide bonds. The molecule has 94 valence electrons. The lowest BCUT2D eigenvalue weighted by molar-refractivity contribution is -0.124. The molecule has 0 heterocycles. The van der Waals surface area contributed by atoms with Gasteiger partial charge in [-0.25, -0.2) is 0 Å². The number of nitrogens with one attached hydrogen (secondary N) is 1. The number of nitrogens with two attached hydrogens (primary N) is 1. The van der Waals surface area contributed by atoms with Crippen LogP contribution in [0.3, 0.4) is 0 Å². The van der Waals surface area contributed by atoms with E-state index in [1.807, 2.05) is 26.0 Å². The number of halogens is 1. The lowest BCUT2D eigenvalue weighted by Crippen LogP contribution is -2.50. The van der Waals surface area contributed by atoms with Crippen molar-refractivity contribution >= 4 is 21.8 Å². The van der Waals surface area contributed by atoms with Gasteiger partial charge in [0.05, 0.1) is 0 Å². The lowest BCUT2D eigenvalue weighted by atomic mass is 10.1. The van der Waals surface area contributed by atoms with Crippen molar-refractivity contribution in [1.29, 1.82) is 0 Å². The number of amides is 1. The van der Waals surface area contributed by atoms with Crippen LogP contribution < -0.4 is 15.8 Å². The standard InChI is InChI=1S/C12H17BrN2O2/c1-12(2,8-14)15-11(16)7-17-10-5-3-4-9(13)6-10/h3-6H,7-8,14H2,1-2H3,(H,15,16). The fraction of sp³-hybridized carbons (Fsp3) is 0.417. The Labute approximate surface area is 110 Å². The summed E-state index contributed by atoms with van der Waals surface area (Å²) < 4.78 is 6.27. The number of hydrogen-bond acceptors (Lipinski definition) is 3. The maximum Gasteiger partial charge on any atom is 0.258 e. The van der Waals surface area contributed by atoms with Gasteiger partial charge in [-0.2, -0.15) is 0 Å². The zero-order chi connectivity index (χ0) is 12.9. The molecule has 1 rings (SSSR count). The van der Waals surface area contributed by atoms with Gasteiger partial charge in [0.25, 0.3) is 5.91 Å². The zero-order valence-electron chi connectivity index (χ0n) is 10.00. The monoisotopic (exact) mass is 300 g/mol. The summed E-state index contributed by atoms with van der Waals surface area (Å²) in [4.78, 5) is 11.6. The molecule has 0 bridgehead atoms. The van der Waals surface area contributed by atoms with Crippen LogP contribution in [0.25, 0.3) is 0 Å². The van der Waals surface area contributed by atoms with E-state index in [-0.39, 0.29) is 12.5 Å². The number of hydrogen-bond donors (Lipinski definition) is 2. The van der Waals surface area contributed by atoms with Crippen LogP contribution in [0.2, 0.25) is 0 Å². The van der Waals surface area contributed by atoms with E-state index in [2.05, 4.69) is 21.2 Å². The van der Waals surface area contributed by atoms with Gasteiger partial charge in [-0.3, -0.25) is 4.79 Å². The maximum atomic E-state index is 11.6. The van der Waals surface area contributed by atoms with Crippen LogP contribution in [-0.4, -0.2) is 24.6 Å². The van der Waals surface area contributed by atoms with Gasteiger partial charge in [0.15, 0.2) is 6.61 Å².